The molecular formula is C26H33FN10OS2. The number of ether oxygens (including phenoxy) is 1. The van der Waals surface area contributed by atoms with Crippen molar-refractivity contribution in [2.24, 2.45) is 0 Å². The van der Waals surface area contributed by atoms with Crippen molar-refractivity contribution in [1.82, 2.24) is 25.3 Å². The van der Waals surface area contributed by atoms with Gasteiger partial charge in [-0.3, -0.25) is 0 Å². The van der Waals surface area contributed by atoms with E-state index in [0.717, 1.165) is 23.4 Å². The number of thioether (sulfide) groups is 1. The number of nitrogens with one attached hydrogen (secondary N) is 1. The molecule has 2 atom stereocenters. The van der Waals surface area contributed by atoms with Crippen molar-refractivity contribution in [2.75, 3.05) is 61.1 Å². The lowest BCUT2D eigenvalue weighted by Crippen LogP contribution is -2.57. The van der Waals surface area contributed by atoms with Crippen LogP contribution in [0.1, 0.15) is 47.9 Å². The van der Waals surface area contributed by atoms with Gasteiger partial charge < -0.3 is 31.3 Å². The molecule has 0 aliphatic carbocycles. The molecule has 40 heavy (non-hydrogen) atoms. The molecule has 6 rings (SSSR count). The molecule has 0 amide bonds. The topological polar surface area (TPSA) is 155 Å². The summed E-state index contributed by atoms with van der Waals surface area (Å²) in [6.45, 7) is 7.57. The number of halogens is 1. The van der Waals surface area contributed by atoms with Crippen LogP contribution >= 0.6 is 23.1 Å². The lowest BCUT2D eigenvalue weighted by Gasteiger charge is -2.47. The SMILES string of the molecule is CCN(c1nc(OC)nc(N2CC3(C2)SCc2sc(N)c(C#N)c23)n1)C(C)c1cccnc1N.FC1CCNC1. The molecule has 0 bridgehead atoms. The number of fused-ring (bicyclic) bond motifs is 2. The van der Waals surface area contributed by atoms with Crippen molar-refractivity contribution in [1.29, 1.82) is 5.26 Å². The van der Waals surface area contributed by atoms with Gasteiger partial charge in [-0.05, 0) is 32.9 Å². The van der Waals surface area contributed by atoms with Gasteiger partial charge in [0.2, 0.25) is 11.9 Å². The van der Waals surface area contributed by atoms with Gasteiger partial charge >= 0.3 is 6.01 Å². The van der Waals surface area contributed by atoms with E-state index in [4.69, 9.17) is 21.2 Å². The summed E-state index contributed by atoms with van der Waals surface area (Å²) in [5.41, 5.74) is 14.9. The number of hydrogen-bond acceptors (Lipinski definition) is 13. The smallest absolute Gasteiger partial charge is 0.322 e. The van der Waals surface area contributed by atoms with Gasteiger partial charge in [0.05, 0.1) is 23.5 Å². The first kappa shape index (κ1) is 28.1. The van der Waals surface area contributed by atoms with E-state index in [-0.39, 0.29) is 16.8 Å². The fraction of sp³-hybridized carbons (Fsp3) is 0.500. The van der Waals surface area contributed by atoms with Crippen LogP contribution in [-0.2, 0) is 10.5 Å². The number of alkyl halides is 1. The van der Waals surface area contributed by atoms with Crippen molar-refractivity contribution < 1.29 is 9.13 Å². The lowest BCUT2D eigenvalue weighted by molar-refractivity contribution is 0.361. The summed E-state index contributed by atoms with van der Waals surface area (Å²) in [6, 6.07) is 6.29. The summed E-state index contributed by atoms with van der Waals surface area (Å²) in [7, 11) is 1.55. The second-order valence-corrected chi connectivity index (χ2v) is 12.3. The van der Waals surface area contributed by atoms with Gasteiger partial charge in [0.25, 0.3) is 0 Å². The number of hydrogen-bond donors (Lipinski definition) is 3. The Morgan fingerprint density at radius 2 is 2.15 bits per heavy atom. The Balaban J connectivity index is 0.000000477. The van der Waals surface area contributed by atoms with E-state index in [1.807, 2.05) is 42.6 Å². The predicted molar refractivity (Wildman–Crippen MR) is 157 cm³/mol. The number of rotatable bonds is 6. The maximum Gasteiger partial charge on any atom is 0.322 e. The zero-order valence-electron chi connectivity index (χ0n) is 22.7. The molecule has 1 spiro atoms. The Labute approximate surface area is 241 Å². The highest BCUT2D eigenvalue weighted by molar-refractivity contribution is 8.00. The third kappa shape index (κ3) is 5.21. The molecule has 3 aliphatic heterocycles. The number of aromatic nitrogens is 4. The average Bonchev–Trinajstić information content (AvgIpc) is 3.64. The van der Waals surface area contributed by atoms with Crippen LogP contribution in [0.25, 0.3) is 0 Å². The van der Waals surface area contributed by atoms with E-state index in [1.54, 1.807) is 13.3 Å². The fourth-order valence-electron chi connectivity index (χ4n) is 5.28. The molecule has 2 saturated heterocycles. The number of nitriles is 1. The molecule has 11 nitrogen and oxygen atoms in total. The minimum absolute atomic E-state index is 0.0960. The largest absolute Gasteiger partial charge is 0.467 e. The molecule has 0 saturated carbocycles. The van der Waals surface area contributed by atoms with Crippen LogP contribution in [0.4, 0.5) is 27.1 Å². The van der Waals surface area contributed by atoms with Crippen LogP contribution in [-0.4, -0.2) is 65.9 Å². The molecule has 2 unspecified atom stereocenters. The van der Waals surface area contributed by atoms with E-state index < -0.39 is 6.17 Å². The molecule has 3 aromatic heterocycles. The van der Waals surface area contributed by atoms with Crippen LogP contribution in [0, 0.1) is 11.3 Å². The number of methoxy groups -OCH3 is 1. The minimum Gasteiger partial charge on any atom is -0.467 e. The molecule has 2 fully saturated rings. The first-order valence-electron chi connectivity index (χ1n) is 13.1. The number of thiophene rings is 1. The van der Waals surface area contributed by atoms with E-state index in [2.05, 4.69) is 31.2 Å². The van der Waals surface area contributed by atoms with Gasteiger partial charge in [-0.15, -0.1) is 23.1 Å². The minimum atomic E-state index is -0.565. The number of pyridine rings is 1. The fourth-order valence-corrected chi connectivity index (χ4v) is 8.09. The molecular weight excluding hydrogens is 551 g/mol. The summed E-state index contributed by atoms with van der Waals surface area (Å²) in [5.74, 6) is 2.42. The first-order chi connectivity index (χ1) is 19.3. The molecule has 0 aromatic carbocycles. The van der Waals surface area contributed by atoms with Gasteiger partial charge in [-0.25, -0.2) is 9.37 Å². The van der Waals surface area contributed by atoms with Crippen LogP contribution < -0.4 is 31.3 Å². The maximum absolute atomic E-state index is 11.9. The predicted octanol–water partition coefficient (Wildman–Crippen LogP) is 3.24. The monoisotopic (exact) mass is 584 g/mol. The number of nitrogens with zero attached hydrogens (tertiary/aromatic N) is 7. The second-order valence-electron chi connectivity index (χ2n) is 9.84. The maximum atomic E-state index is 11.9. The lowest BCUT2D eigenvalue weighted by atomic mass is 9.88. The number of anilines is 4. The Hall–Kier alpha value is -3.41. The molecule has 0 radical (unpaired) electrons. The van der Waals surface area contributed by atoms with Gasteiger partial charge in [-0.2, -0.15) is 20.2 Å². The highest BCUT2D eigenvalue weighted by Gasteiger charge is 2.53. The van der Waals surface area contributed by atoms with Gasteiger partial charge in [0.1, 0.15) is 23.1 Å². The van der Waals surface area contributed by atoms with Gasteiger partial charge in [-0.1, -0.05) is 6.07 Å². The van der Waals surface area contributed by atoms with Crippen molar-refractivity contribution in [2.45, 2.75) is 43.0 Å². The van der Waals surface area contributed by atoms with E-state index in [9.17, 15) is 9.65 Å². The normalized spacial score (nSPS) is 19.3. The third-order valence-electron chi connectivity index (χ3n) is 7.39. The Bertz CT molecular complexity index is 1400. The first-order valence-corrected chi connectivity index (χ1v) is 14.9. The van der Waals surface area contributed by atoms with Crippen molar-refractivity contribution in [3.05, 3.63) is 39.9 Å². The summed E-state index contributed by atoms with van der Waals surface area (Å²) < 4.78 is 17.1. The molecule has 212 valence electrons. The number of nitrogen functional groups attached to an aromatic ring is 2. The van der Waals surface area contributed by atoms with Gasteiger partial charge in [0, 0.05) is 54.1 Å². The summed E-state index contributed by atoms with van der Waals surface area (Å²) in [4.78, 5) is 23.4. The van der Waals surface area contributed by atoms with Crippen LogP contribution in [0.2, 0.25) is 0 Å². The van der Waals surface area contributed by atoms with E-state index in [0.29, 0.717) is 60.9 Å². The van der Waals surface area contributed by atoms with Crippen molar-refractivity contribution in [3.63, 3.8) is 0 Å². The third-order valence-corrected chi connectivity index (χ3v) is 10.0. The zero-order chi connectivity index (χ0) is 28.4. The second kappa shape index (κ2) is 11.6. The van der Waals surface area contributed by atoms with Crippen LogP contribution in [0.15, 0.2) is 18.3 Å². The van der Waals surface area contributed by atoms with E-state index in [1.165, 1.54) is 16.2 Å². The molecule has 5 N–H and O–H groups in total. The van der Waals surface area contributed by atoms with Gasteiger partial charge in [0.15, 0.2) is 0 Å². The summed E-state index contributed by atoms with van der Waals surface area (Å²) >= 11 is 3.39. The standard InChI is InChI=1S/C22H25N9OS2.C4H8FN/c1-4-31(12(2)13-6-5-7-26-17(13)24)20-27-19(28-21(29-20)32-3)30-10-22(11-30)16-14(8-23)18(25)34-15(16)9-33-22;5-4-1-2-6-3-4/h5-7,12H,4,9-11,25H2,1-3H3,(H2,24,26);4,6H,1-3H2. The van der Waals surface area contributed by atoms with Crippen LogP contribution in [0.5, 0.6) is 6.01 Å². The average molecular weight is 585 g/mol. The Morgan fingerprint density at radius 1 is 1.35 bits per heavy atom. The molecule has 3 aliphatic rings. The molecule has 14 heteroatoms. The van der Waals surface area contributed by atoms with Crippen LogP contribution in [0.3, 0.4) is 0 Å². The van der Waals surface area contributed by atoms with Crippen molar-refractivity contribution >= 4 is 45.8 Å². The Morgan fingerprint density at radius 3 is 2.75 bits per heavy atom. The Kier molecular flexibility index (Phi) is 8.16. The quantitative estimate of drug-likeness (QED) is 0.389. The summed E-state index contributed by atoms with van der Waals surface area (Å²) in [6.07, 6.45) is 1.82. The summed E-state index contributed by atoms with van der Waals surface area (Å²) in [5, 5.41) is 13.2. The zero-order valence-corrected chi connectivity index (χ0v) is 24.4. The van der Waals surface area contributed by atoms with E-state index >= 15 is 0 Å². The molecule has 6 heterocycles. The number of nitrogens with two attached hydrogens (primary N) is 2. The molecule has 3 aromatic rings. The highest BCUT2D eigenvalue weighted by Crippen LogP contribution is 2.57. The highest BCUT2D eigenvalue weighted by atomic mass is 32.2. The van der Waals surface area contributed by atoms with Crippen molar-refractivity contribution in [3.8, 4) is 12.1 Å².